The molecule has 1 saturated carbocycles. The summed E-state index contributed by atoms with van der Waals surface area (Å²) in [6, 6.07) is 11.9. The number of ether oxygens (including phenoxy) is 1. The van der Waals surface area contributed by atoms with Crippen molar-refractivity contribution in [2.45, 2.75) is 50.6 Å². The van der Waals surface area contributed by atoms with Gasteiger partial charge in [-0.2, -0.15) is 0 Å². The van der Waals surface area contributed by atoms with Gasteiger partial charge in [0.25, 0.3) is 0 Å². The van der Waals surface area contributed by atoms with Gasteiger partial charge < -0.3 is 24.7 Å². The summed E-state index contributed by atoms with van der Waals surface area (Å²) in [6.45, 7) is 3.69. The largest absolute Gasteiger partial charge is 0.497 e. The number of carbonyl (C=O) groups is 2. The molecular weight excluding hydrogens is 432 g/mol. The number of piperazine rings is 1. The van der Waals surface area contributed by atoms with Crippen molar-refractivity contribution in [1.29, 1.82) is 0 Å². The smallest absolute Gasteiger partial charge is 0.309 e. The van der Waals surface area contributed by atoms with Gasteiger partial charge in [0, 0.05) is 44.5 Å². The molecule has 8 heteroatoms. The fourth-order valence-electron chi connectivity index (χ4n) is 4.92. The second-order valence-corrected chi connectivity index (χ2v) is 9.12. The number of nitrogens with one attached hydrogen (secondary N) is 2. The number of benzene rings is 1. The Balaban J connectivity index is 1.31. The molecule has 0 spiro atoms. The molecule has 2 fully saturated rings. The average molecular weight is 469 g/mol. The Labute approximate surface area is 201 Å². The van der Waals surface area contributed by atoms with Crippen LogP contribution in [0.3, 0.4) is 0 Å². The van der Waals surface area contributed by atoms with E-state index in [-0.39, 0.29) is 12.1 Å². The molecule has 1 aliphatic heterocycles. The van der Waals surface area contributed by atoms with E-state index in [2.05, 4.69) is 32.6 Å². The summed E-state index contributed by atoms with van der Waals surface area (Å²) in [4.78, 5) is 29.7. The van der Waals surface area contributed by atoms with Crippen LogP contribution in [-0.4, -0.2) is 62.6 Å². The van der Waals surface area contributed by atoms with Crippen LogP contribution in [0.5, 0.6) is 5.75 Å². The number of furan rings is 1. The van der Waals surface area contributed by atoms with Gasteiger partial charge in [-0.3, -0.25) is 14.5 Å². The van der Waals surface area contributed by atoms with Crippen LogP contribution in [0.25, 0.3) is 0 Å². The lowest BCUT2D eigenvalue weighted by Gasteiger charge is -2.39. The molecule has 1 atom stereocenters. The third kappa shape index (κ3) is 6.32. The molecule has 2 N–H and O–H groups in total. The summed E-state index contributed by atoms with van der Waals surface area (Å²) in [6.07, 6.45) is 8.17. The second-order valence-electron chi connectivity index (χ2n) is 9.12. The van der Waals surface area contributed by atoms with Crippen LogP contribution in [0.15, 0.2) is 47.1 Å². The molecule has 1 aromatic heterocycles. The molecule has 34 heavy (non-hydrogen) atoms. The SMILES string of the molecule is COc1ccc(N2CCN(C(CNC(=O)C(=O)NC3CCCCCC3)c3ccco3)CC2)cc1. The molecule has 2 heterocycles. The van der Waals surface area contributed by atoms with E-state index in [0.29, 0.717) is 6.54 Å². The first-order valence-corrected chi connectivity index (χ1v) is 12.4. The van der Waals surface area contributed by atoms with Gasteiger partial charge in [-0.1, -0.05) is 25.7 Å². The molecule has 8 nitrogen and oxygen atoms in total. The Morgan fingerprint density at radius 3 is 2.32 bits per heavy atom. The maximum Gasteiger partial charge on any atom is 0.309 e. The van der Waals surface area contributed by atoms with Crippen molar-refractivity contribution >= 4 is 17.5 Å². The van der Waals surface area contributed by atoms with Crippen LogP contribution >= 0.6 is 0 Å². The normalized spacial score (nSPS) is 18.7. The van der Waals surface area contributed by atoms with Gasteiger partial charge >= 0.3 is 11.8 Å². The Bertz CT molecular complexity index is 899. The zero-order chi connectivity index (χ0) is 23.8. The van der Waals surface area contributed by atoms with Crippen LogP contribution in [-0.2, 0) is 9.59 Å². The topological polar surface area (TPSA) is 87.0 Å². The second kappa shape index (κ2) is 11.9. The Kier molecular flexibility index (Phi) is 8.46. The van der Waals surface area contributed by atoms with E-state index in [1.807, 2.05) is 24.3 Å². The predicted octanol–water partition coefficient (Wildman–Crippen LogP) is 3.11. The van der Waals surface area contributed by atoms with E-state index in [0.717, 1.165) is 63.4 Å². The first-order chi connectivity index (χ1) is 16.6. The average Bonchev–Trinajstić information content (AvgIpc) is 3.28. The van der Waals surface area contributed by atoms with Gasteiger partial charge in [-0.05, 0) is 49.2 Å². The van der Waals surface area contributed by atoms with Crippen LogP contribution in [0.2, 0.25) is 0 Å². The van der Waals surface area contributed by atoms with E-state index in [9.17, 15) is 9.59 Å². The number of rotatable bonds is 7. The van der Waals surface area contributed by atoms with Crippen molar-refractivity contribution in [2.75, 3.05) is 44.7 Å². The number of anilines is 1. The summed E-state index contributed by atoms with van der Waals surface area (Å²) in [5, 5.41) is 5.77. The van der Waals surface area contributed by atoms with E-state index in [4.69, 9.17) is 9.15 Å². The van der Waals surface area contributed by atoms with E-state index in [1.165, 1.54) is 18.5 Å². The molecule has 184 valence electrons. The maximum absolute atomic E-state index is 12.6. The van der Waals surface area contributed by atoms with E-state index >= 15 is 0 Å². The van der Waals surface area contributed by atoms with Crippen LogP contribution in [0.4, 0.5) is 5.69 Å². The number of hydrogen-bond acceptors (Lipinski definition) is 6. The summed E-state index contributed by atoms with van der Waals surface area (Å²) < 4.78 is 11.0. The fourth-order valence-corrected chi connectivity index (χ4v) is 4.92. The lowest BCUT2D eigenvalue weighted by molar-refractivity contribution is -0.139. The van der Waals surface area contributed by atoms with Crippen LogP contribution in [0.1, 0.15) is 50.3 Å². The first-order valence-electron chi connectivity index (χ1n) is 12.4. The Hall–Kier alpha value is -3.00. The van der Waals surface area contributed by atoms with Gasteiger partial charge in [-0.15, -0.1) is 0 Å². The molecule has 0 bridgehead atoms. The minimum absolute atomic E-state index is 0.104. The molecule has 1 aromatic carbocycles. The number of carbonyl (C=O) groups excluding carboxylic acids is 2. The maximum atomic E-state index is 12.6. The van der Waals surface area contributed by atoms with Gasteiger partial charge in [0.2, 0.25) is 0 Å². The minimum Gasteiger partial charge on any atom is -0.497 e. The fraction of sp³-hybridized carbons (Fsp3) is 0.538. The summed E-state index contributed by atoms with van der Waals surface area (Å²) in [7, 11) is 1.67. The number of methoxy groups -OCH3 is 1. The lowest BCUT2D eigenvalue weighted by atomic mass is 10.1. The minimum atomic E-state index is -0.572. The van der Waals surface area contributed by atoms with Gasteiger partial charge in [0.15, 0.2) is 0 Å². The molecule has 4 rings (SSSR count). The number of hydrogen-bond donors (Lipinski definition) is 2. The highest BCUT2D eigenvalue weighted by molar-refractivity contribution is 6.35. The Morgan fingerprint density at radius 2 is 1.71 bits per heavy atom. The third-order valence-electron chi connectivity index (χ3n) is 6.92. The van der Waals surface area contributed by atoms with Crippen molar-refractivity contribution in [2.24, 2.45) is 0 Å². The highest BCUT2D eigenvalue weighted by Gasteiger charge is 2.28. The van der Waals surface area contributed by atoms with Crippen molar-refractivity contribution < 1.29 is 18.7 Å². The number of amides is 2. The molecule has 2 amide bonds. The zero-order valence-electron chi connectivity index (χ0n) is 20.0. The molecule has 1 aliphatic carbocycles. The van der Waals surface area contributed by atoms with Crippen molar-refractivity contribution in [3.05, 3.63) is 48.4 Å². The van der Waals surface area contributed by atoms with E-state index < -0.39 is 11.8 Å². The zero-order valence-corrected chi connectivity index (χ0v) is 20.0. The monoisotopic (exact) mass is 468 g/mol. The lowest BCUT2D eigenvalue weighted by Crippen LogP contribution is -2.51. The van der Waals surface area contributed by atoms with Crippen LogP contribution in [0, 0.1) is 0 Å². The summed E-state index contributed by atoms with van der Waals surface area (Å²) >= 11 is 0. The molecule has 1 saturated heterocycles. The first kappa shape index (κ1) is 24.1. The molecule has 0 radical (unpaired) electrons. The standard InChI is InChI=1S/C26H36N4O4/c1-33-22-12-10-21(11-13-22)29-14-16-30(17-15-29)23(24-9-6-18-34-24)19-27-25(31)26(32)28-20-7-4-2-3-5-8-20/h6,9-13,18,20,23H,2-5,7-8,14-17,19H2,1H3,(H,27,31)(H,28,32). The summed E-state index contributed by atoms with van der Waals surface area (Å²) in [5.41, 5.74) is 1.17. The summed E-state index contributed by atoms with van der Waals surface area (Å²) in [5.74, 6) is 0.536. The number of nitrogens with zero attached hydrogens (tertiary/aromatic N) is 2. The molecular formula is C26H36N4O4. The molecule has 2 aliphatic rings. The van der Waals surface area contributed by atoms with Crippen molar-refractivity contribution in [3.8, 4) is 5.75 Å². The van der Waals surface area contributed by atoms with Crippen LogP contribution < -0.4 is 20.3 Å². The molecule has 2 aromatic rings. The van der Waals surface area contributed by atoms with Crippen molar-refractivity contribution in [1.82, 2.24) is 15.5 Å². The van der Waals surface area contributed by atoms with Crippen molar-refractivity contribution in [3.63, 3.8) is 0 Å². The van der Waals surface area contributed by atoms with Gasteiger partial charge in [0.05, 0.1) is 19.4 Å². The highest BCUT2D eigenvalue weighted by atomic mass is 16.5. The van der Waals surface area contributed by atoms with Gasteiger partial charge in [-0.25, -0.2) is 0 Å². The predicted molar refractivity (Wildman–Crippen MR) is 131 cm³/mol. The third-order valence-corrected chi connectivity index (χ3v) is 6.92. The quantitative estimate of drug-likeness (QED) is 0.480. The Morgan fingerprint density at radius 1 is 1.00 bits per heavy atom. The van der Waals surface area contributed by atoms with E-state index in [1.54, 1.807) is 13.4 Å². The highest BCUT2D eigenvalue weighted by Crippen LogP contribution is 2.25. The molecule has 1 unspecified atom stereocenters. The van der Waals surface area contributed by atoms with Gasteiger partial charge in [0.1, 0.15) is 11.5 Å².